The number of methoxy groups -OCH3 is 1. The van der Waals surface area contributed by atoms with Crippen LogP contribution in [0.3, 0.4) is 0 Å². The third-order valence-corrected chi connectivity index (χ3v) is 2.93. The van der Waals surface area contributed by atoms with E-state index in [0.29, 0.717) is 13.2 Å². The molecule has 0 aliphatic carbocycles. The smallest absolute Gasteiger partial charge is 0.236 e. The van der Waals surface area contributed by atoms with Crippen molar-refractivity contribution in [3.05, 3.63) is 0 Å². The van der Waals surface area contributed by atoms with Crippen LogP contribution in [0.4, 0.5) is 0 Å². The fourth-order valence-corrected chi connectivity index (χ4v) is 1.79. The monoisotopic (exact) mass is 229 g/mol. The lowest BCUT2D eigenvalue weighted by Crippen LogP contribution is -2.50. The number of nitrogens with zero attached hydrogens (tertiary/aromatic N) is 2. The summed E-state index contributed by atoms with van der Waals surface area (Å²) in [5, 5.41) is 3.08. The molecule has 0 aromatic carbocycles. The minimum Gasteiger partial charge on any atom is -0.383 e. The zero-order chi connectivity index (χ0) is 11.8. The van der Waals surface area contributed by atoms with Crippen LogP contribution in [0.2, 0.25) is 0 Å². The lowest BCUT2D eigenvalue weighted by atomic mass is 10.3. The predicted octanol–water partition coefficient (Wildman–Crippen LogP) is -0.613. The molecule has 1 fully saturated rings. The van der Waals surface area contributed by atoms with E-state index in [-0.39, 0.29) is 5.91 Å². The second-order valence-corrected chi connectivity index (χ2v) is 3.98. The summed E-state index contributed by atoms with van der Waals surface area (Å²) in [5.41, 5.74) is 0. The lowest BCUT2D eigenvalue weighted by molar-refractivity contribution is -0.131. The van der Waals surface area contributed by atoms with Crippen molar-refractivity contribution in [2.45, 2.75) is 6.92 Å². The number of nitrogens with one attached hydrogen (secondary N) is 1. The first kappa shape index (κ1) is 13.4. The molecule has 0 radical (unpaired) electrons. The first-order chi connectivity index (χ1) is 7.77. The van der Waals surface area contributed by atoms with Gasteiger partial charge in [0, 0.05) is 39.8 Å². The Balaban J connectivity index is 2.13. The highest BCUT2D eigenvalue weighted by molar-refractivity contribution is 5.78. The molecule has 0 bridgehead atoms. The molecule has 94 valence electrons. The standard InChI is InChI=1S/C11H23N3O2/c1-3-13-5-7-14(8-6-13)11(15)10-12-4-9-16-2/h12H,3-10H2,1-2H3. The number of hydrogen-bond donors (Lipinski definition) is 1. The quantitative estimate of drug-likeness (QED) is 0.617. The van der Waals surface area contributed by atoms with Crippen LogP contribution >= 0.6 is 0 Å². The normalized spacial score (nSPS) is 17.8. The number of hydrogen-bond acceptors (Lipinski definition) is 4. The fourth-order valence-electron chi connectivity index (χ4n) is 1.79. The fraction of sp³-hybridized carbons (Fsp3) is 0.909. The Morgan fingerprint density at radius 1 is 1.31 bits per heavy atom. The Morgan fingerprint density at radius 3 is 2.56 bits per heavy atom. The zero-order valence-corrected chi connectivity index (χ0v) is 10.4. The van der Waals surface area contributed by atoms with Crippen molar-refractivity contribution in [2.24, 2.45) is 0 Å². The molecule has 1 N–H and O–H groups in total. The van der Waals surface area contributed by atoms with E-state index in [9.17, 15) is 4.79 Å². The second kappa shape index (κ2) is 7.60. The van der Waals surface area contributed by atoms with E-state index in [2.05, 4.69) is 17.1 Å². The molecule has 1 aliphatic heterocycles. The summed E-state index contributed by atoms with van der Waals surface area (Å²) >= 11 is 0. The molecule has 5 heteroatoms. The van der Waals surface area contributed by atoms with E-state index >= 15 is 0 Å². The summed E-state index contributed by atoms with van der Waals surface area (Å²) in [5.74, 6) is 0.201. The van der Waals surface area contributed by atoms with Gasteiger partial charge in [-0.25, -0.2) is 0 Å². The van der Waals surface area contributed by atoms with E-state index in [1.165, 1.54) is 0 Å². The molecule has 1 rings (SSSR count). The maximum absolute atomic E-state index is 11.8. The van der Waals surface area contributed by atoms with Crippen LogP contribution in [0, 0.1) is 0 Å². The first-order valence-corrected chi connectivity index (χ1v) is 5.97. The van der Waals surface area contributed by atoms with Gasteiger partial charge in [-0.3, -0.25) is 4.79 Å². The Hall–Kier alpha value is -0.650. The third kappa shape index (κ3) is 4.47. The summed E-state index contributed by atoms with van der Waals surface area (Å²) in [6.07, 6.45) is 0. The first-order valence-electron chi connectivity index (χ1n) is 5.97. The molecular formula is C11H23N3O2. The van der Waals surface area contributed by atoms with E-state index in [1.807, 2.05) is 4.90 Å². The minimum absolute atomic E-state index is 0.201. The summed E-state index contributed by atoms with van der Waals surface area (Å²) < 4.78 is 4.90. The average molecular weight is 229 g/mol. The molecule has 5 nitrogen and oxygen atoms in total. The summed E-state index contributed by atoms with van der Waals surface area (Å²) in [6, 6.07) is 0. The molecule has 1 saturated heterocycles. The number of carbonyl (C=O) groups excluding carboxylic acids is 1. The predicted molar refractivity (Wildman–Crippen MR) is 63.4 cm³/mol. The largest absolute Gasteiger partial charge is 0.383 e. The van der Waals surface area contributed by atoms with Crippen LogP contribution in [0.25, 0.3) is 0 Å². The Bertz CT molecular complexity index is 203. The van der Waals surface area contributed by atoms with Gasteiger partial charge in [-0.15, -0.1) is 0 Å². The van der Waals surface area contributed by atoms with E-state index in [1.54, 1.807) is 7.11 Å². The van der Waals surface area contributed by atoms with Gasteiger partial charge in [0.2, 0.25) is 5.91 Å². The van der Waals surface area contributed by atoms with Crippen molar-refractivity contribution in [1.82, 2.24) is 15.1 Å². The molecule has 0 saturated carbocycles. The van der Waals surface area contributed by atoms with Crippen molar-refractivity contribution in [3.8, 4) is 0 Å². The minimum atomic E-state index is 0.201. The van der Waals surface area contributed by atoms with Crippen LogP contribution in [0.15, 0.2) is 0 Å². The topological polar surface area (TPSA) is 44.8 Å². The van der Waals surface area contributed by atoms with Crippen LogP contribution in [0.1, 0.15) is 6.92 Å². The van der Waals surface area contributed by atoms with Crippen molar-refractivity contribution in [3.63, 3.8) is 0 Å². The van der Waals surface area contributed by atoms with Gasteiger partial charge in [0.25, 0.3) is 0 Å². The average Bonchev–Trinajstić information content (AvgIpc) is 2.34. The molecule has 0 spiro atoms. The van der Waals surface area contributed by atoms with E-state index in [4.69, 9.17) is 4.74 Å². The molecule has 1 heterocycles. The van der Waals surface area contributed by atoms with Gasteiger partial charge in [0.05, 0.1) is 13.2 Å². The number of piperazine rings is 1. The van der Waals surface area contributed by atoms with Gasteiger partial charge in [-0.2, -0.15) is 0 Å². The summed E-state index contributed by atoms with van der Waals surface area (Å²) in [7, 11) is 1.66. The molecule has 1 aliphatic rings. The highest BCUT2D eigenvalue weighted by Crippen LogP contribution is 2.00. The van der Waals surface area contributed by atoms with E-state index < -0.39 is 0 Å². The van der Waals surface area contributed by atoms with Gasteiger partial charge in [0.1, 0.15) is 0 Å². The van der Waals surface area contributed by atoms with Gasteiger partial charge < -0.3 is 19.9 Å². The maximum atomic E-state index is 11.8. The lowest BCUT2D eigenvalue weighted by Gasteiger charge is -2.34. The van der Waals surface area contributed by atoms with Crippen LogP contribution in [-0.4, -0.2) is 75.2 Å². The highest BCUT2D eigenvalue weighted by Gasteiger charge is 2.19. The molecule has 16 heavy (non-hydrogen) atoms. The highest BCUT2D eigenvalue weighted by atomic mass is 16.5. The van der Waals surface area contributed by atoms with E-state index in [0.717, 1.165) is 39.3 Å². The van der Waals surface area contributed by atoms with Crippen molar-refractivity contribution in [1.29, 1.82) is 0 Å². The Labute approximate surface area is 97.7 Å². The van der Waals surface area contributed by atoms with Crippen LogP contribution in [-0.2, 0) is 9.53 Å². The maximum Gasteiger partial charge on any atom is 0.236 e. The number of carbonyl (C=O) groups is 1. The van der Waals surface area contributed by atoms with Crippen LogP contribution < -0.4 is 5.32 Å². The Morgan fingerprint density at radius 2 is 2.00 bits per heavy atom. The molecule has 0 atom stereocenters. The number of ether oxygens (including phenoxy) is 1. The van der Waals surface area contributed by atoms with Crippen molar-refractivity contribution >= 4 is 5.91 Å². The molecule has 0 aromatic heterocycles. The van der Waals surface area contributed by atoms with Gasteiger partial charge in [0.15, 0.2) is 0 Å². The summed E-state index contributed by atoms with van der Waals surface area (Å²) in [4.78, 5) is 16.1. The number of amides is 1. The van der Waals surface area contributed by atoms with Gasteiger partial charge in [-0.05, 0) is 6.54 Å². The molecule has 0 aromatic rings. The van der Waals surface area contributed by atoms with Crippen molar-refractivity contribution < 1.29 is 9.53 Å². The molecular weight excluding hydrogens is 206 g/mol. The summed E-state index contributed by atoms with van der Waals surface area (Å²) in [6.45, 7) is 8.76. The third-order valence-electron chi connectivity index (χ3n) is 2.93. The second-order valence-electron chi connectivity index (χ2n) is 3.98. The zero-order valence-electron chi connectivity index (χ0n) is 10.4. The molecule has 1 amide bonds. The van der Waals surface area contributed by atoms with Gasteiger partial charge in [-0.1, -0.05) is 6.92 Å². The molecule has 0 unspecified atom stereocenters. The SMILES string of the molecule is CCN1CCN(C(=O)CNCCOC)CC1. The van der Waals surface area contributed by atoms with Gasteiger partial charge >= 0.3 is 0 Å². The van der Waals surface area contributed by atoms with Crippen molar-refractivity contribution in [2.75, 3.05) is 59.5 Å². The number of likely N-dealkylation sites (N-methyl/N-ethyl adjacent to an activating group) is 1. The number of rotatable bonds is 6. The Kier molecular flexibility index (Phi) is 6.37. The van der Waals surface area contributed by atoms with Crippen LogP contribution in [0.5, 0.6) is 0 Å².